The van der Waals surface area contributed by atoms with Crippen molar-refractivity contribution < 1.29 is 0 Å². The van der Waals surface area contributed by atoms with E-state index >= 15 is 0 Å². The quantitative estimate of drug-likeness (QED) is 0.670. The van der Waals surface area contributed by atoms with Gasteiger partial charge in [0, 0.05) is 25.6 Å². The molecule has 5 heteroatoms. The summed E-state index contributed by atoms with van der Waals surface area (Å²) >= 11 is 0. The van der Waals surface area contributed by atoms with Gasteiger partial charge in [-0.2, -0.15) is 5.10 Å². The molecule has 0 unspecified atom stereocenters. The number of aromatic nitrogens is 3. The third-order valence-electron chi connectivity index (χ3n) is 6.90. The second kappa shape index (κ2) is 7.79. The van der Waals surface area contributed by atoms with E-state index in [1.54, 1.807) is 11.7 Å². The summed E-state index contributed by atoms with van der Waals surface area (Å²) in [7, 11) is 1.80. The first-order valence-electron chi connectivity index (χ1n) is 11.0. The van der Waals surface area contributed by atoms with Crippen LogP contribution in [-0.2, 0) is 13.6 Å². The molecule has 0 bridgehead atoms. The lowest BCUT2D eigenvalue weighted by atomic mass is 9.94. The van der Waals surface area contributed by atoms with Crippen LogP contribution >= 0.6 is 0 Å². The van der Waals surface area contributed by atoms with Crippen molar-refractivity contribution in [3.05, 3.63) is 64.3 Å². The van der Waals surface area contributed by atoms with Crippen molar-refractivity contribution >= 4 is 10.8 Å². The van der Waals surface area contributed by atoms with Gasteiger partial charge in [-0.1, -0.05) is 55.3 Å². The van der Waals surface area contributed by atoms with Crippen LogP contribution in [0.4, 0.5) is 0 Å². The summed E-state index contributed by atoms with van der Waals surface area (Å²) in [5, 5.41) is 7.35. The molecule has 1 aliphatic heterocycles. The first-order valence-corrected chi connectivity index (χ1v) is 11.0. The van der Waals surface area contributed by atoms with Gasteiger partial charge in [-0.15, -0.1) is 0 Å². The van der Waals surface area contributed by atoms with Crippen LogP contribution in [0.1, 0.15) is 61.9 Å². The molecule has 1 aromatic heterocycles. The standard InChI is InChI=1S/C24H30N4O/c1-26-24(29)28(21-10-3-4-11-21)23(25-26)19-13-15-27(16-14-19)17-20-9-6-8-18-7-2-5-12-22(18)20/h2,5-9,12,19,21H,3-4,10-11,13-17H2,1H3. The average Bonchev–Trinajstić information content (AvgIpc) is 3.37. The molecule has 2 heterocycles. The van der Waals surface area contributed by atoms with Crippen molar-refractivity contribution in [2.24, 2.45) is 7.05 Å². The lowest BCUT2D eigenvalue weighted by Gasteiger charge is -2.32. The third kappa shape index (κ3) is 3.52. The van der Waals surface area contributed by atoms with Gasteiger partial charge in [0.1, 0.15) is 5.82 Å². The van der Waals surface area contributed by atoms with Crippen LogP contribution in [0.2, 0.25) is 0 Å². The van der Waals surface area contributed by atoms with Crippen LogP contribution < -0.4 is 5.69 Å². The van der Waals surface area contributed by atoms with Gasteiger partial charge in [0.15, 0.2) is 0 Å². The molecule has 1 saturated carbocycles. The molecular weight excluding hydrogens is 360 g/mol. The van der Waals surface area contributed by atoms with Crippen molar-refractivity contribution in [2.45, 2.75) is 57.0 Å². The number of nitrogens with zero attached hydrogens (tertiary/aromatic N) is 4. The fraction of sp³-hybridized carbons (Fsp3) is 0.500. The molecule has 1 saturated heterocycles. The Balaban J connectivity index is 1.31. The Bertz CT molecular complexity index is 1050. The zero-order chi connectivity index (χ0) is 19.8. The van der Waals surface area contributed by atoms with Crippen molar-refractivity contribution in [3.63, 3.8) is 0 Å². The Morgan fingerprint density at radius 3 is 2.48 bits per heavy atom. The minimum atomic E-state index is 0.0742. The third-order valence-corrected chi connectivity index (χ3v) is 6.90. The second-order valence-electron chi connectivity index (χ2n) is 8.76. The molecule has 1 aliphatic carbocycles. The SMILES string of the molecule is Cn1nc(C2CCN(Cc3cccc4ccccc34)CC2)n(C2CCCC2)c1=O. The Hall–Kier alpha value is -2.40. The molecular formula is C24H30N4O. The lowest BCUT2D eigenvalue weighted by Crippen LogP contribution is -2.34. The van der Waals surface area contributed by atoms with Gasteiger partial charge in [0.25, 0.3) is 0 Å². The molecule has 2 aliphatic rings. The molecule has 0 amide bonds. The maximum absolute atomic E-state index is 12.7. The van der Waals surface area contributed by atoms with Crippen LogP contribution in [-0.4, -0.2) is 32.3 Å². The van der Waals surface area contributed by atoms with Gasteiger partial charge in [-0.05, 0) is 55.1 Å². The molecule has 5 nitrogen and oxygen atoms in total. The highest BCUT2D eigenvalue weighted by atomic mass is 16.2. The molecule has 0 radical (unpaired) electrons. The first kappa shape index (κ1) is 18.6. The van der Waals surface area contributed by atoms with E-state index in [9.17, 15) is 4.79 Å². The van der Waals surface area contributed by atoms with E-state index in [2.05, 4.69) is 52.5 Å². The van der Waals surface area contributed by atoms with Crippen molar-refractivity contribution in [3.8, 4) is 0 Å². The number of likely N-dealkylation sites (tertiary alicyclic amines) is 1. The average molecular weight is 391 g/mol. The number of fused-ring (bicyclic) bond motifs is 1. The van der Waals surface area contributed by atoms with Crippen LogP contribution in [0.25, 0.3) is 10.8 Å². The summed E-state index contributed by atoms with van der Waals surface area (Å²) in [6.45, 7) is 3.11. The largest absolute Gasteiger partial charge is 0.345 e. The molecule has 2 fully saturated rings. The summed E-state index contributed by atoms with van der Waals surface area (Å²) in [4.78, 5) is 15.3. The summed E-state index contributed by atoms with van der Waals surface area (Å²) in [6, 6.07) is 15.6. The minimum Gasteiger partial charge on any atom is -0.299 e. The molecule has 3 aromatic rings. The number of hydrogen-bond acceptors (Lipinski definition) is 3. The van der Waals surface area contributed by atoms with E-state index in [-0.39, 0.29) is 5.69 Å². The Morgan fingerprint density at radius 1 is 0.966 bits per heavy atom. The molecule has 0 spiro atoms. The first-order chi connectivity index (χ1) is 14.2. The fourth-order valence-electron chi connectivity index (χ4n) is 5.30. The lowest BCUT2D eigenvalue weighted by molar-refractivity contribution is 0.199. The van der Waals surface area contributed by atoms with E-state index in [1.807, 2.05) is 4.57 Å². The van der Waals surface area contributed by atoms with E-state index < -0.39 is 0 Å². The highest BCUT2D eigenvalue weighted by Crippen LogP contribution is 2.34. The fourth-order valence-corrected chi connectivity index (χ4v) is 5.30. The van der Waals surface area contributed by atoms with Gasteiger partial charge in [0.05, 0.1) is 0 Å². The van der Waals surface area contributed by atoms with Crippen molar-refractivity contribution in [1.29, 1.82) is 0 Å². The van der Waals surface area contributed by atoms with Crippen molar-refractivity contribution in [1.82, 2.24) is 19.2 Å². The minimum absolute atomic E-state index is 0.0742. The number of hydrogen-bond donors (Lipinski definition) is 0. The Morgan fingerprint density at radius 2 is 1.69 bits per heavy atom. The Labute approximate surface area is 171 Å². The van der Waals surface area contributed by atoms with Gasteiger partial charge in [-0.3, -0.25) is 9.47 Å². The number of benzene rings is 2. The topological polar surface area (TPSA) is 43.1 Å². The normalized spacial score (nSPS) is 19.3. The van der Waals surface area contributed by atoms with Crippen LogP contribution in [0.15, 0.2) is 47.3 Å². The Kier molecular flexibility index (Phi) is 5.00. The van der Waals surface area contributed by atoms with Gasteiger partial charge < -0.3 is 0 Å². The monoisotopic (exact) mass is 390 g/mol. The highest BCUT2D eigenvalue weighted by molar-refractivity contribution is 5.85. The second-order valence-corrected chi connectivity index (χ2v) is 8.76. The number of aryl methyl sites for hydroxylation is 1. The summed E-state index contributed by atoms with van der Waals surface area (Å²) < 4.78 is 3.59. The van der Waals surface area contributed by atoms with E-state index in [0.717, 1.165) is 51.1 Å². The van der Waals surface area contributed by atoms with Crippen LogP contribution in [0.5, 0.6) is 0 Å². The van der Waals surface area contributed by atoms with Gasteiger partial charge in [0.2, 0.25) is 0 Å². The van der Waals surface area contributed by atoms with Crippen LogP contribution in [0.3, 0.4) is 0 Å². The van der Waals surface area contributed by atoms with E-state index in [0.29, 0.717) is 12.0 Å². The zero-order valence-corrected chi connectivity index (χ0v) is 17.3. The highest BCUT2D eigenvalue weighted by Gasteiger charge is 2.30. The molecule has 2 aromatic carbocycles. The van der Waals surface area contributed by atoms with Crippen molar-refractivity contribution in [2.75, 3.05) is 13.1 Å². The summed E-state index contributed by atoms with van der Waals surface area (Å²) in [6.07, 6.45) is 6.86. The molecule has 5 rings (SSSR count). The number of piperidine rings is 1. The summed E-state index contributed by atoms with van der Waals surface area (Å²) in [5.74, 6) is 1.43. The van der Waals surface area contributed by atoms with Crippen LogP contribution in [0, 0.1) is 0 Å². The smallest absolute Gasteiger partial charge is 0.299 e. The predicted octanol–water partition coefficient (Wildman–Crippen LogP) is 4.23. The predicted molar refractivity (Wildman–Crippen MR) is 116 cm³/mol. The number of rotatable bonds is 4. The van der Waals surface area contributed by atoms with E-state index in [1.165, 1.54) is 29.2 Å². The van der Waals surface area contributed by atoms with Gasteiger partial charge >= 0.3 is 5.69 Å². The molecule has 152 valence electrons. The van der Waals surface area contributed by atoms with Gasteiger partial charge in [-0.25, -0.2) is 9.48 Å². The molecule has 29 heavy (non-hydrogen) atoms. The van der Waals surface area contributed by atoms with E-state index in [4.69, 9.17) is 0 Å². The maximum Gasteiger partial charge on any atom is 0.345 e. The summed E-state index contributed by atoms with van der Waals surface area (Å²) in [5.41, 5.74) is 1.48. The zero-order valence-electron chi connectivity index (χ0n) is 17.3. The maximum atomic E-state index is 12.7. The molecule has 0 N–H and O–H groups in total. The molecule has 0 atom stereocenters.